The van der Waals surface area contributed by atoms with Crippen molar-refractivity contribution in [3.8, 4) is 22.1 Å². The number of hydrogen-bond donors (Lipinski definition) is 1. The number of methoxy groups -OCH3 is 2. The van der Waals surface area contributed by atoms with Gasteiger partial charge >= 0.3 is 0 Å². The highest BCUT2D eigenvalue weighted by molar-refractivity contribution is 7.13. The number of amides is 1. The lowest BCUT2D eigenvalue weighted by Gasteiger charge is -2.36. The number of thiazole rings is 1. The minimum Gasteiger partial charge on any atom is -0.493 e. The Morgan fingerprint density at radius 3 is 2.45 bits per heavy atom. The number of morpholine rings is 1. The topological polar surface area (TPSA) is 72.9 Å². The number of hydrogen-bond acceptors (Lipinski definition) is 7. The average molecular weight is 468 g/mol. The van der Waals surface area contributed by atoms with Crippen molar-refractivity contribution in [3.05, 3.63) is 53.5 Å². The third-order valence-corrected chi connectivity index (χ3v) is 6.40. The molecule has 0 spiro atoms. The summed E-state index contributed by atoms with van der Waals surface area (Å²) in [5.41, 5.74) is 3.56. The van der Waals surface area contributed by atoms with Gasteiger partial charge in [-0.2, -0.15) is 0 Å². The number of carbonyl (C=O) groups is 1. The lowest BCUT2D eigenvalue weighted by atomic mass is 10.2. The SMILES string of the molecule is COc1ccc(-c2nc(CC(=O)Nc3ccc(N4CC(C)OC(C)C4)cc3)cs2)cc1OC. The summed E-state index contributed by atoms with van der Waals surface area (Å²) in [5, 5.41) is 5.71. The maximum atomic E-state index is 12.6. The number of benzene rings is 2. The number of aromatic nitrogens is 1. The average Bonchev–Trinajstić information content (AvgIpc) is 3.26. The monoisotopic (exact) mass is 467 g/mol. The lowest BCUT2D eigenvalue weighted by Crippen LogP contribution is -2.45. The van der Waals surface area contributed by atoms with Gasteiger partial charge in [0.05, 0.1) is 38.5 Å². The van der Waals surface area contributed by atoms with Crippen molar-refractivity contribution in [1.82, 2.24) is 4.98 Å². The molecule has 0 saturated carbocycles. The predicted molar refractivity (Wildman–Crippen MR) is 132 cm³/mol. The van der Waals surface area contributed by atoms with E-state index in [0.717, 1.165) is 40.7 Å². The molecule has 1 fully saturated rings. The van der Waals surface area contributed by atoms with E-state index in [1.54, 1.807) is 14.2 Å². The zero-order chi connectivity index (χ0) is 23.4. The zero-order valence-electron chi connectivity index (χ0n) is 19.3. The molecule has 8 heteroatoms. The first-order valence-corrected chi connectivity index (χ1v) is 11.8. The molecule has 2 heterocycles. The van der Waals surface area contributed by atoms with Gasteiger partial charge in [0.1, 0.15) is 5.01 Å². The fourth-order valence-electron chi connectivity index (χ4n) is 4.00. The van der Waals surface area contributed by atoms with Crippen molar-refractivity contribution in [3.63, 3.8) is 0 Å². The van der Waals surface area contributed by atoms with Crippen molar-refractivity contribution in [2.24, 2.45) is 0 Å². The van der Waals surface area contributed by atoms with Crippen LogP contribution in [-0.4, -0.2) is 50.4 Å². The van der Waals surface area contributed by atoms with Gasteiger partial charge in [0.2, 0.25) is 5.91 Å². The number of anilines is 2. The zero-order valence-corrected chi connectivity index (χ0v) is 20.1. The fourth-order valence-corrected chi connectivity index (χ4v) is 4.82. The van der Waals surface area contributed by atoms with Crippen LogP contribution in [0.3, 0.4) is 0 Å². The van der Waals surface area contributed by atoms with Crippen LogP contribution in [0.5, 0.6) is 11.5 Å². The second-order valence-electron chi connectivity index (χ2n) is 8.15. The van der Waals surface area contributed by atoms with Gasteiger partial charge in [-0.05, 0) is 56.3 Å². The minimum atomic E-state index is -0.0967. The molecule has 4 rings (SSSR count). The molecule has 1 amide bonds. The summed E-state index contributed by atoms with van der Waals surface area (Å²) in [6.07, 6.45) is 0.620. The van der Waals surface area contributed by atoms with Gasteiger partial charge in [-0.1, -0.05) is 0 Å². The Morgan fingerprint density at radius 1 is 1.09 bits per heavy atom. The first-order valence-electron chi connectivity index (χ1n) is 10.9. The van der Waals surface area contributed by atoms with E-state index >= 15 is 0 Å². The predicted octanol–water partition coefficient (Wildman–Crippen LogP) is 4.62. The van der Waals surface area contributed by atoms with Gasteiger partial charge < -0.3 is 24.4 Å². The maximum absolute atomic E-state index is 12.6. The number of ether oxygens (including phenoxy) is 3. The molecular formula is C25H29N3O4S. The molecule has 33 heavy (non-hydrogen) atoms. The molecule has 2 atom stereocenters. The summed E-state index contributed by atoms with van der Waals surface area (Å²) >= 11 is 1.50. The van der Waals surface area contributed by atoms with E-state index in [4.69, 9.17) is 14.2 Å². The summed E-state index contributed by atoms with van der Waals surface area (Å²) in [6.45, 7) is 5.91. The van der Waals surface area contributed by atoms with Crippen LogP contribution >= 0.6 is 11.3 Å². The van der Waals surface area contributed by atoms with Crippen molar-refractivity contribution in [1.29, 1.82) is 0 Å². The van der Waals surface area contributed by atoms with Crippen LogP contribution in [0.1, 0.15) is 19.5 Å². The minimum absolute atomic E-state index is 0.0967. The highest BCUT2D eigenvalue weighted by Crippen LogP contribution is 2.33. The van der Waals surface area contributed by atoms with Crippen molar-refractivity contribution < 1.29 is 19.0 Å². The molecule has 1 saturated heterocycles. The quantitative estimate of drug-likeness (QED) is 0.547. The normalized spacial score (nSPS) is 18.1. The van der Waals surface area contributed by atoms with Gasteiger partial charge in [0.15, 0.2) is 11.5 Å². The van der Waals surface area contributed by atoms with Crippen LogP contribution in [0.4, 0.5) is 11.4 Å². The van der Waals surface area contributed by atoms with E-state index in [2.05, 4.69) is 29.0 Å². The largest absolute Gasteiger partial charge is 0.493 e. The molecule has 0 bridgehead atoms. The highest BCUT2D eigenvalue weighted by atomic mass is 32.1. The molecule has 1 aliphatic rings. The molecular weight excluding hydrogens is 438 g/mol. The van der Waals surface area contributed by atoms with Crippen LogP contribution in [0, 0.1) is 0 Å². The Bertz CT molecular complexity index is 1090. The maximum Gasteiger partial charge on any atom is 0.230 e. The Kier molecular flexibility index (Phi) is 7.15. The molecule has 0 aliphatic carbocycles. The Balaban J connectivity index is 1.36. The summed E-state index contributed by atoms with van der Waals surface area (Å²) in [5.74, 6) is 1.22. The second-order valence-corrected chi connectivity index (χ2v) is 9.01. The smallest absolute Gasteiger partial charge is 0.230 e. The van der Waals surface area contributed by atoms with Gasteiger partial charge in [-0.25, -0.2) is 4.98 Å². The van der Waals surface area contributed by atoms with Gasteiger partial charge in [-0.3, -0.25) is 4.79 Å². The lowest BCUT2D eigenvalue weighted by molar-refractivity contribution is -0.115. The van der Waals surface area contributed by atoms with Crippen molar-refractivity contribution >= 4 is 28.6 Å². The second kappa shape index (κ2) is 10.2. The van der Waals surface area contributed by atoms with Crippen LogP contribution in [0.2, 0.25) is 0 Å². The number of carbonyl (C=O) groups excluding carboxylic acids is 1. The summed E-state index contributed by atoms with van der Waals surface area (Å²) in [7, 11) is 3.21. The van der Waals surface area contributed by atoms with E-state index in [9.17, 15) is 4.79 Å². The van der Waals surface area contributed by atoms with Gasteiger partial charge in [0.25, 0.3) is 0 Å². The van der Waals surface area contributed by atoms with E-state index in [-0.39, 0.29) is 24.5 Å². The number of nitrogens with zero attached hydrogens (tertiary/aromatic N) is 2. The number of rotatable bonds is 7. The van der Waals surface area contributed by atoms with Crippen LogP contribution < -0.4 is 19.7 Å². The first-order chi connectivity index (χ1) is 15.9. The first kappa shape index (κ1) is 23.1. The third kappa shape index (κ3) is 5.64. The Hall–Kier alpha value is -3.10. The standard InChI is InChI=1S/C25H29N3O4S/c1-16-13-28(14-17(2)32-16)21-8-6-19(7-9-21)26-24(29)12-20-15-33-25(27-20)18-5-10-22(30-3)23(11-18)31-4/h5-11,15-17H,12-14H2,1-4H3,(H,26,29). The van der Waals surface area contributed by atoms with Crippen LogP contribution in [0.25, 0.3) is 10.6 Å². The van der Waals surface area contributed by atoms with Gasteiger partial charge in [-0.15, -0.1) is 11.3 Å². The Labute approximate surface area is 198 Å². The molecule has 1 aliphatic heterocycles. The van der Waals surface area contributed by atoms with Crippen molar-refractivity contribution in [2.45, 2.75) is 32.5 Å². The molecule has 174 valence electrons. The summed E-state index contributed by atoms with van der Waals surface area (Å²) in [4.78, 5) is 19.5. The van der Waals surface area contributed by atoms with Crippen LogP contribution in [-0.2, 0) is 16.0 Å². The summed E-state index contributed by atoms with van der Waals surface area (Å²) in [6, 6.07) is 13.6. The molecule has 2 aromatic carbocycles. The highest BCUT2D eigenvalue weighted by Gasteiger charge is 2.22. The van der Waals surface area contributed by atoms with E-state index in [0.29, 0.717) is 11.5 Å². The van der Waals surface area contributed by atoms with Crippen molar-refractivity contribution in [2.75, 3.05) is 37.5 Å². The molecule has 7 nitrogen and oxygen atoms in total. The molecule has 1 N–H and O–H groups in total. The molecule has 0 radical (unpaired) electrons. The fraction of sp³-hybridized carbons (Fsp3) is 0.360. The molecule has 3 aromatic rings. The van der Waals surface area contributed by atoms with E-state index in [1.165, 1.54) is 11.3 Å². The number of nitrogens with one attached hydrogen (secondary N) is 1. The van der Waals surface area contributed by atoms with E-state index < -0.39 is 0 Å². The van der Waals surface area contributed by atoms with Gasteiger partial charge in [0, 0.05) is 35.4 Å². The van der Waals surface area contributed by atoms with Crippen LogP contribution in [0.15, 0.2) is 47.8 Å². The Morgan fingerprint density at radius 2 is 1.79 bits per heavy atom. The molecule has 1 aromatic heterocycles. The summed E-state index contributed by atoms with van der Waals surface area (Å²) < 4.78 is 16.5. The third-order valence-electron chi connectivity index (χ3n) is 5.46. The van der Waals surface area contributed by atoms with E-state index in [1.807, 2.05) is 47.8 Å². The molecule has 2 unspecified atom stereocenters.